The van der Waals surface area contributed by atoms with Gasteiger partial charge in [0, 0.05) is 0 Å². The SMILES string of the molecule is CCCCNC.I. The Bertz CT molecular complexity index is 20.0. The molecule has 0 bridgehead atoms. The van der Waals surface area contributed by atoms with Crippen molar-refractivity contribution in [1.29, 1.82) is 0 Å². The van der Waals surface area contributed by atoms with Gasteiger partial charge in [-0.05, 0) is 20.0 Å². The summed E-state index contributed by atoms with van der Waals surface area (Å²) in [5.41, 5.74) is 0. The summed E-state index contributed by atoms with van der Waals surface area (Å²) in [6.07, 6.45) is 2.59. The monoisotopic (exact) mass is 215 g/mol. The Morgan fingerprint density at radius 3 is 2.14 bits per heavy atom. The lowest BCUT2D eigenvalue weighted by Crippen LogP contribution is -2.06. The molecule has 0 saturated heterocycles. The summed E-state index contributed by atoms with van der Waals surface area (Å²) in [4.78, 5) is 0. The van der Waals surface area contributed by atoms with E-state index in [-0.39, 0.29) is 24.0 Å². The van der Waals surface area contributed by atoms with Crippen LogP contribution in [0.3, 0.4) is 0 Å². The molecule has 1 N–H and O–H groups in total. The lowest BCUT2D eigenvalue weighted by Gasteiger charge is -1.89. The predicted octanol–water partition coefficient (Wildman–Crippen LogP) is 1.62. The van der Waals surface area contributed by atoms with Crippen molar-refractivity contribution in [3.05, 3.63) is 0 Å². The van der Waals surface area contributed by atoms with Crippen LogP contribution in [0.15, 0.2) is 0 Å². The highest BCUT2D eigenvalue weighted by Gasteiger charge is 1.73. The second-order valence-corrected chi connectivity index (χ2v) is 1.46. The minimum atomic E-state index is 0. The number of nitrogens with one attached hydrogen (secondary N) is 1. The van der Waals surface area contributed by atoms with Crippen LogP contribution in [-0.4, -0.2) is 13.6 Å². The fourth-order valence-corrected chi connectivity index (χ4v) is 0.354. The van der Waals surface area contributed by atoms with Gasteiger partial charge in [-0.1, -0.05) is 13.3 Å². The molecule has 0 fully saturated rings. The fourth-order valence-electron chi connectivity index (χ4n) is 0.354. The van der Waals surface area contributed by atoms with Crippen LogP contribution in [0.5, 0.6) is 0 Å². The van der Waals surface area contributed by atoms with E-state index in [2.05, 4.69) is 12.2 Å². The fraction of sp³-hybridized carbons (Fsp3) is 1.00. The number of hydrogen-bond donors (Lipinski definition) is 1. The van der Waals surface area contributed by atoms with Crippen molar-refractivity contribution in [3.63, 3.8) is 0 Å². The van der Waals surface area contributed by atoms with Gasteiger partial charge in [0.15, 0.2) is 0 Å². The van der Waals surface area contributed by atoms with Gasteiger partial charge < -0.3 is 5.32 Å². The van der Waals surface area contributed by atoms with Gasteiger partial charge >= 0.3 is 0 Å². The molecule has 0 rings (SSSR count). The Balaban J connectivity index is 0. The molecule has 0 aromatic rings. The number of rotatable bonds is 3. The molecule has 0 aromatic carbocycles. The smallest absolute Gasteiger partial charge is 0.00520 e. The summed E-state index contributed by atoms with van der Waals surface area (Å²) in [6.45, 7) is 3.36. The molecule has 0 saturated carbocycles. The molecule has 0 atom stereocenters. The van der Waals surface area contributed by atoms with Crippen molar-refractivity contribution >= 4 is 24.0 Å². The molecular formula is C5H14IN. The summed E-state index contributed by atoms with van der Waals surface area (Å²) >= 11 is 0. The molecule has 0 amide bonds. The third kappa shape index (κ3) is 10.8. The second-order valence-electron chi connectivity index (χ2n) is 1.46. The molecule has 0 aliphatic carbocycles. The standard InChI is InChI=1S/C5H13N.HI/c1-3-4-5-6-2;/h6H,3-5H2,1-2H3;1H. The lowest BCUT2D eigenvalue weighted by atomic mass is 10.3. The van der Waals surface area contributed by atoms with Crippen LogP contribution >= 0.6 is 24.0 Å². The van der Waals surface area contributed by atoms with Gasteiger partial charge in [-0.2, -0.15) is 0 Å². The van der Waals surface area contributed by atoms with E-state index in [4.69, 9.17) is 0 Å². The van der Waals surface area contributed by atoms with Crippen molar-refractivity contribution in [2.75, 3.05) is 13.6 Å². The highest BCUT2D eigenvalue weighted by Crippen LogP contribution is 1.79. The molecule has 2 heteroatoms. The van der Waals surface area contributed by atoms with Crippen LogP contribution < -0.4 is 5.32 Å². The zero-order chi connectivity index (χ0) is 4.83. The van der Waals surface area contributed by atoms with Crippen molar-refractivity contribution < 1.29 is 0 Å². The van der Waals surface area contributed by atoms with Gasteiger partial charge in [0.25, 0.3) is 0 Å². The van der Waals surface area contributed by atoms with Crippen molar-refractivity contribution in [3.8, 4) is 0 Å². The van der Waals surface area contributed by atoms with Gasteiger partial charge in [-0.15, -0.1) is 24.0 Å². The average Bonchev–Trinajstić information content (AvgIpc) is 1.61. The van der Waals surface area contributed by atoms with Crippen molar-refractivity contribution in [2.24, 2.45) is 0 Å². The van der Waals surface area contributed by atoms with E-state index in [0.29, 0.717) is 0 Å². The normalized spacial score (nSPS) is 7.71. The van der Waals surface area contributed by atoms with E-state index in [9.17, 15) is 0 Å². The summed E-state index contributed by atoms with van der Waals surface area (Å²) in [5.74, 6) is 0. The molecule has 0 unspecified atom stereocenters. The van der Waals surface area contributed by atoms with Gasteiger partial charge in [-0.25, -0.2) is 0 Å². The zero-order valence-electron chi connectivity index (χ0n) is 5.03. The van der Waals surface area contributed by atoms with E-state index in [1.807, 2.05) is 7.05 Å². The molecule has 0 heterocycles. The Kier molecular flexibility index (Phi) is 15.0. The van der Waals surface area contributed by atoms with Crippen molar-refractivity contribution in [1.82, 2.24) is 5.32 Å². The Labute approximate surface area is 62.9 Å². The van der Waals surface area contributed by atoms with Crippen LogP contribution in [0, 0.1) is 0 Å². The first kappa shape index (κ1) is 10.6. The quantitative estimate of drug-likeness (QED) is 0.557. The third-order valence-corrected chi connectivity index (χ3v) is 0.780. The van der Waals surface area contributed by atoms with E-state index < -0.39 is 0 Å². The first-order valence-electron chi connectivity index (χ1n) is 2.56. The van der Waals surface area contributed by atoms with Crippen LogP contribution in [0.4, 0.5) is 0 Å². The Hall–Kier alpha value is 0.690. The summed E-state index contributed by atoms with van der Waals surface area (Å²) in [6, 6.07) is 0. The molecular weight excluding hydrogens is 201 g/mol. The van der Waals surface area contributed by atoms with E-state index in [1.54, 1.807) is 0 Å². The average molecular weight is 215 g/mol. The number of halogens is 1. The molecule has 7 heavy (non-hydrogen) atoms. The van der Waals surface area contributed by atoms with Gasteiger partial charge in [0.1, 0.15) is 0 Å². The predicted molar refractivity (Wildman–Crippen MR) is 44.2 cm³/mol. The van der Waals surface area contributed by atoms with E-state index in [0.717, 1.165) is 6.54 Å². The minimum absolute atomic E-state index is 0. The van der Waals surface area contributed by atoms with Crippen LogP contribution in [0.25, 0.3) is 0 Å². The first-order chi connectivity index (χ1) is 2.91. The topological polar surface area (TPSA) is 12.0 Å². The third-order valence-electron chi connectivity index (χ3n) is 0.780. The molecule has 0 aliphatic rings. The highest BCUT2D eigenvalue weighted by molar-refractivity contribution is 14.0. The molecule has 1 nitrogen and oxygen atoms in total. The van der Waals surface area contributed by atoms with E-state index >= 15 is 0 Å². The largest absolute Gasteiger partial charge is 0.320 e. The second kappa shape index (κ2) is 9.85. The molecule has 46 valence electrons. The highest BCUT2D eigenvalue weighted by atomic mass is 127. The maximum atomic E-state index is 3.07. The number of hydrogen-bond acceptors (Lipinski definition) is 1. The summed E-state index contributed by atoms with van der Waals surface area (Å²) in [7, 11) is 1.98. The summed E-state index contributed by atoms with van der Waals surface area (Å²) in [5, 5.41) is 3.07. The molecule has 0 radical (unpaired) electrons. The maximum Gasteiger partial charge on any atom is -0.00520 e. The molecule has 0 spiro atoms. The maximum absolute atomic E-state index is 3.07. The van der Waals surface area contributed by atoms with Gasteiger partial charge in [0.05, 0.1) is 0 Å². The van der Waals surface area contributed by atoms with Crippen LogP contribution in [0.1, 0.15) is 19.8 Å². The Morgan fingerprint density at radius 2 is 2.00 bits per heavy atom. The van der Waals surface area contributed by atoms with Gasteiger partial charge in [0.2, 0.25) is 0 Å². The van der Waals surface area contributed by atoms with Crippen LogP contribution in [0.2, 0.25) is 0 Å². The first-order valence-corrected chi connectivity index (χ1v) is 2.56. The molecule has 0 aromatic heterocycles. The van der Waals surface area contributed by atoms with E-state index in [1.165, 1.54) is 12.8 Å². The summed E-state index contributed by atoms with van der Waals surface area (Å²) < 4.78 is 0. The zero-order valence-corrected chi connectivity index (χ0v) is 7.36. The van der Waals surface area contributed by atoms with Crippen molar-refractivity contribution in [2.45, 2.75) is 19.8 Å². The molecule has 0 aliphatic heterocycles. The Morgan fingerprint density at radius 1 is 1.43 bits per heavy atom. The van der Waals surface area contributed by atoms with Gasteiger partial charge in [-0.3, -0.25) is 0 Å². The van der Waals surface area contributed by atoms with Crippen LogP contribution in [-0.2, 0) is 0 Å². The number of unbranched alkanes of at least 4 members (excludes halogenated alkanes) is 1. The lowest BCUT2D eigenvalue weighted by molar-refractivity contribution is 0.711. The minimum Gasteiger partial charge on any atom is -0.320 e.